The summed E-state index contributed by atoms with van der Waals surface area (Å²) in [6, 6.07) is 0. The summed E-state index contributed by atoms with van der Waals surface area (Å²) < 4.78 is 0. The predicted molar refractivity (Wildman–Crippen MR) is 20.9 cm³/mol. The van der Waals surface area contributed by atoms with Crippen LogP contribution in [0.1, 0.15) is 0 Å². The highest BCUT2D eigenvalue weighted by Crippen LogP contribution is 1.53. The lowest BCUT2D eigenvalue weighted by Gasteiger charge is -1.67. The molecule has 0 amide bonds. The van der Waals surface area contributed by atoms with Gasteiger partial charge in [0.2, 0.25) is 0 Å². The molecule has 4 nitrogen and oxygen atoms in total. The second-order valence-corrected chi connectivity index (χ2v) is 0.708. The first-order valence-electron chi connectivity index (χ1n) is 1.45. The van der Waals surface area contributed by atoms with Gasteiger partial charge in [0.05, 0.1) is 12.4 Å². The molecular formula is C3H2N4. The molecule has 0 saturated carbocycles. The standard InChI is InChI=1S/C2H2N4.C/c1-2-4-6-5-3-1;/h1-2H;. The zero-order chi connectivity index (χ0) is 4.24. The first kappa shape index (κ1) is 5.94. The summed E-state index contributed by atoms with van der Waals surface area (Å²) in [4.78, 5) is 0. The molecule has 0 unspecified atom stereocenters. The molecule has 0 aliphatic carbocycles. The van der Waals surface area contributed by atoms with Crippen molar-refractivity contribution in [1.82, 2.24) is 20.6 Å². The summed E-state index contributed by atoms with van der Waals surface area (Å²) in [7, 11) is 0. The van der Waals surface area contributed by atoms with Gasteiger partial charge in [-0.1, -0.05) is 0 Å². The normalized spacial score (nSPS) is 6.86. The molecule has 7 heavy (non-hydrogen) atoms. The molecule has 0 aromatic carbocycles. The Labute approximate surface area is 41.6 Å². The van der Waals surface area contributed by atoms with E-state index in [0.29, 0.717) is 0 Å². The van der Waals surface area contributed by atoms with Gasteiger partial charge < -0.3 is 0 Å². The molecule has 1 aromatic rings. The summed E-state index contributed by atoms with van der Waals surface area (Å²) in [5.41, 5.74) is 0. The first-order valence-corrected chi connectivity index (χ1v) is 1.45. The highest BCUT2D eigenvalue weighted by molar-refractivity contribution is 4.52. The van der Waals surface area contributed by atoms with Crippen molar-refractivity contribution in [2.24, 2.45) is 0 Å². The minimum absolute atomic E-state index is 0. The molecule has 1 heterocycles. The maximum absolute atomic E-state index is 3.36. The number of aromatic nitrogens is 4. The molecule has 0 saturated heterocycles. The first-order chi connectivity index (χ1) is 3.00. The van der Waals surface area contributed by atoms with E-state index in [0.717, 1.165) is 0 Å². The highest BCUT2D eigenvalue weighted by Gasteiger charge is 1.61. The summed E-state index contributed by atoms with van der Waals surface area (Å²) in [6.45, 7) is 0. The number of hydrogen-bond donors (Lipinski definition) is 0. The van der Waals surface area contributed by atoms with Crippen molar-refractivity contribution in [2.75, 3.05) is 0 Å². The van der Waals surface area contributed by atoms with Crippen LogP contribution in [0.5, 0.6) is 0 Å². The summed E-state index contributed by atoms with van der Waals surface area (Å²) >= 11 is 0. The summed E-state index contributed by atoms with van der Waals surface area (Å²) in [5, 5.41) is 13.1. The van der Waals surface area contributed by atoms with Gasteiger partial charge in [-0.15, -0.1) is 10.2 Å². The Morgan fingerprint density at radius 2 is 1.29 bits per heavy atom. The van der Waals surface area contributed by atoms with Crippen molar-refractivity contribution in [3.8, 4) is 0 Å². The molecule has 0 fully saturated rings. The van der Waals surface area contributed by atoms with E-state index in [2.05, 4.69) is 20.6 Å². The van der Waals surface area contributed by atoms with Crippen LogP contribution in [0.4, 0.5) is 0 Å². The van der Waals surface area contributed by atoms with Gasteiger partial charge in [0.15, 0.2) is 0 Å². The van der Waals surface area contributed by atoms with Crippen molar-refractivity contribution < 1.29 is 0 Å². The quantitative estimate of drug-likeness (QED) is 0.428. The van der Waals surface area contributed by atoms with E-state index in [4.69, 9.17) is 0 Å². The molecule has 0 spiro atoms. The predicted octanol–water partition coefficient (Wildman–Crippen LogP) is -0.652. The van der Waals surface area contributed by atoms with Crippen molar-refractivity contribution >= 4 is 0 Å². The zero-order valence-electron chi connectivity index (χ0n) is 3.44. The summed E-state index contributed by atoms with van der Waals surface area (Å²) in [5.74, 6) is 0. The molecule has 0 bridgehead atoms. The van der Waals surface area contributed by atoms with Gasteiger partial charge in [0, 0.05) is 7.43 Å². The van der Waals surface area contributed by atoms with Crippen LogP contribution in [0.3, 0.4) is 0 Å². The third kappa shape index (κ3) is 1.75. The second kappa shape index (κ2) is 3.14. The van der Waals surface area contributed by atoms with Crippen molar-refractivity contribution in [3.63, 3.8) is 0 Å². The molecule has 0 aliphatic rings. The fourth-order valence-corrected chi connectivity index (χ4v) is 0.165. The van der Waals surface area contributed by atoms with Crippen molar-refractivity contribution in [1.29, 1.82) is 0 Å². The van der Waals surface area contributed by atoms with Crippen LogP contribution in [-0.4, -0.2) is 20.6 Å². The number of nitrogens with zero attached hydrogens (tertiary/aromatic N) is 4. The Hall–Kier alpha value is -1.06. The van der Waals surface area contributed by atoms with E-state index in [9.17, 15) is 0 Å². The van der Waals surface area contributed by atoms with Gasteiger partial charge in [0.1, 0.15) is 0 Å². The largest absolute Gasteiger partial charge is 0.136 e. The summed E-state index contributed by atoms with van der Waals surface area (Å²) in [6.07, 6.45) is 2.93. The molecule has 0 atom stereocenters. The van der Waals surface area contributed by atoms with Crippen molar-refractivity contribution in [2.45, 2.75) is 0 Å². The van der Waals surface area contributed by atoms with E-state index in [1.165, 1.54) is 12.4 Å². The molecular weight excluding hydrogens is 92.1 g/mol. The topological polar surface area (TPSA) is 51.6 Å². The number of hydrogen-bond acceptors (Lipinski definition) is 4. The van der Waals surface area contributed by atoms with E-state index in [1.807, 2.05) is 0 Å². The Kier molecular flexibility index (Phi) is 2.67. The minimum atomic E-state index is 0. The maximum Gasteiger partial charge on any atom is 0.0716 e. The Morgan fingerprint density at radius 3 is 1.43 bits per heavy atom. The van der Waals surface area contributed by atoms with Gasteiger partial charge in [-0.2, -0.15) is 0 Å². The smallest absolute Gasteiger partial charge is 0.0716 e. The van der Waals surface area contributed by atoms with Crippen LogP contribution < -0.4 is 0 Å². The SMILES string of the molecule is [C].c1cnnnn1. The van der Waals surface area contributed by atoms with Crippen LogP contribution in [0.15, 0.2) is 12.4 Å². The third-order valence-corrected chi connectivity index (χ3v) is 0.343. The van der Waals surface area contributed by atoms with Crippen molar-refractivity contribution in [3.05, 3.63) is 19.8 Å². The molecule has 34 valence electrons. The molecule has 1 rings (SSSR count). The van der Waals surface area contributed by atoms with Gasteiger partial charge in [-0.25, -0.2) is 0 Å². The molecule has 0 aliphatic heterocycles. The fraction of sp³-hybridized carbons (Fsp3) is 0. The average Bonchev–Trinajstić information content (AvgIpc) is 1.72. The lowest BCUT2D eigenvalue weighted by atomic mass is 11.0. The lowest BCUT2D eigenvalue weighted by Crippen LogP contribution is -1.84. The number of rotatable bonds is 0. The molecule has 4 radical (unpaired) electrons. The van der Waals surface area contributed by atoms with Gasteiger partial charge >= 0.3 is 0 Å². The van der Waals surface area contributed by atoms with Gasteiger partial charge in [0.25, 0.3) is 0 Å². The second-order valence-electron chi connectivity index (χ2n) is 0.708. The van der Waals surface area contributed by atoms with E-state index in [-0.39, 0.29) is 7.43 Å². The van der Waals surface area contributed by atoms with Crippen LogP contribution >= 0.6 is 0 Å². The van der Waals surface area contributed by atoms with Gasteiger partial charge in [-0.3, -0.25) is 0 Å². The van der Waals surface area contributed by atoms with Crippen LogP contribution in [0.2, 0.25) is 0 Å². The average molecular weight is 94.1 g/mol. The van der Waals surface area contributed by atoms with E-state index < -0.39 is 0 Å². The van der Waals surface area contributed by atoms with Crippen LogP contribution in [0, 0.1) is 7.43 Å². The zero-order valence-corrected chi connectivity index (χ0v) is 3.44. The van der Waals surface area contributed by atoms with Gasteiger partial charge in [-0.05, 0) is 10.4 Å². The monoisotopic (exact) mass is 94.0 g/mol. The van der Waals surface area contributed by atoms with Crippen LogP contribution in [0.25, 0.3) is 0 Å². The third-order valence-electron chi connectivity index (χ3n) is 0.343. The highest BCUT2D eigenvalue weighted by atomic mass is 15.4. The Morgan fingerprint density at radius 1 is 0.857 bits per heavy atom. The fourth-order valence-electron chi connectivity index (χ4n) is 0.165. The lowest BCUT2D eigenvalue weighted by molar-refractivity contribution is 0.761. The molecule has 4 heteroatoms. The molecule has 1 aromatic heterocycles. The molecule has 0 N–H and O–H groups in total. The Bertz CT molecular complexity index is 78.9. The minimum Gasteiger partial charge on any atom is -0.136 e. The van der Waals surface area contributed by atoms with E-state index >= 15 is 0 Å². The van der Waals surface area contributed by atoms with E-state index in [1.54, 1.807) is 0 Å². The maximum atomic E-state index is 3.36. The Balaban J connectivity index is 0.000000360. The van der Waals surface area contributed by atoms with Crippen LogP contribution in [-0.2, 0) is 0 Å².